The fraction of sp³-hybridized carbons (Fsp3) is 0. The molecule has 0 fully saturated rings. The van der Waals surface area contributed by atoms with Crippen molar-refractivity contribution in [3.63, 3.8) is 0 Å². The Kier molecular flexibility index (Phi) is 4.19. The van der Waals surface area contributed by atoms with Crippen LogP contribution in [0.2, 0.25) is 0 Å². The molecule has 0 heterocycles. The Morgan fingerprint density at radius 1 is 1.00 bits per heavy atom. The molecule has 0 aromatic heterocycles. The molecule has 0 radical (unpaired) electrons. The molecule has 0 unspecified atom stereocenters. The van der Waals surface area contributed by atoms with Gasteiger partial charge in [-0.15, -0.1) is 0 Å². The van der Waals surface area contributed by atoms with Gasteiger partial charge in [0.2, 0.25) is 0 Å². The van der Waals surface area contributed by atoms with Crippen LogP contribution in [0.1, 0.15) is 5.56 Å². The third-order valence-corrected chi connectivity index (χ3v) is 1.99. The first-order chi connectivity index (χ1) is 6.33. The number of rotatable bonds is 3. The summed E-state index contributed by atoms with van der Waals surface area (Å²) in [6.07, 6.45) is 7.68. The molecule has 0 aliphatic heterocycles. The average molecular weight is 237 g/mol. The van der Waals surface area contributed by atoms with Crippen molar-refractivity contribution in [2.24, 2.45) is 0 Å². The predicted molar refractivity (Wildman–Crippen MR) is 58.4 cm³/mol. The lowest BCUT2D eigenvalue weighted by molar-refractivity contribution is -0.104. The number of carbonyl (C=O) groups excluding carboxylic acids is 1. The molecular formula is C11H9BrO. The van der Waals surface area contributed by atoms with E-state index in [0.29, 0.717) is 0 Å². The largest absolute Gasteiger partial charge is 0.299 e. The summed E-state index contributed by atoms with van der Waals surface area (Å²) in [6, 6.07) is 7.94. The Hall–Kier alpha value is -1.15. The normalized spacial score (nSPS) is 11.2. The van der Waals surface area contributed by atoms with Gasteiger partial charge in [-0.25, -0.2) is 0 Å². The molecular weight excluding hydrogens is 228 g/mol. The maximum Gasteiger partial charge on any atom is 0.142 e. The van der Waals surface area contributed by atoms with E-state index in [0.717, 1.165) is 16.3 Å². The highest BCUT2D eigenvalue weighted by Crippen LogP contribution is 2.11. The molecule has 0 saturated heterocycles. The first kappa shape index (κ1) is 9.93. The maximum absolute atomic E-state index is 9.93. The van der Waals surface area contributed by atoms with Crippen LogP contribution in [0.25, 0.3) is 6.08 Å². The highest BCUT2D eigenvalue weighted by atomic mass is 79.9. The number of carbonyl (C=O) groups is 1. The molecule has 0 saturated carbocycles. The van der Waals surface area contributed by atoms with E-state index in [4.69, 9.17) is 0 Å². The van der Waals surface area contributed by atoms with E-state index < -0.39 is 0 Å². The van der Waals surface area contributed by atoms with Crippen LogP contribution >= 0.6 is 15.9 Å². The summed E-state index contributed by atoms with van der Waals surface area (Å²) >= 11 is 3.35. The summed E-state index contributed by atoms with van der Waals surface area (Å²) in [4.78, 5) is 9.93. The molecule has 1 aromatic carbocycles. The minimum atomic E-state index is 0.756. The minimum Gasteiger partial charge on any atom is -0.299 e. The van der Waals surface area contributed by atoms with Crippen molar-refractivity contribution in [3.05, 3.63) is 52.5 Å². The Morgan fingerprint density at radius 2 is 1.69 bits per heavy atom. The monoisotopic (exact) mass is 236 g/mol. The molecule has 1 nitrogen and oxygen atoms in total. The lowest BCUT2D eigenvalue weighted by atomic mass is 10.2. The van der Waals surface area contributed by atoms with E-state index in [2.05, 4.69) is 15.9 Å². The lowest BCUT2D eigenvalue weighted by Crippen LogP contribution is -1.69. The number of hydrogen-bond donors (Lipinski definition) is 0. The second kappa shape index (κ2) is 5.49. The Bertz CT molecular complexity index is 322. The summed E-state index contributed by atoms with van der Waals surface area (Å²) in [6.45, 7) is 0. The second-order valence-corrected chi connectivity index (χ2v) is 3.35. The molecule has 0 N–H and O–H groups in total. The number of aldehydes is 1. The Balaban J connectivity index is 2.64. The van der Waals surface area contributed by atoms with Crippen LogP contribution < -0.4 is 0 Å². The molecule has 0 atom stereocenters. The van der Waals surface area contributed by atoms with Crippen molar-refractivity contribution in [1.82, 2.24) is 0 Å². The average Bonchev–Trinajstić information content (AvgIpc) is 2.15. The van der Waals surface area contributed by atoms with E-state index >= 15 is 0 Å². The van der Waals surface area contributed by atoms with E-state index in [9.17, 15) is 4.79 Å². The molecule has 0 amide bonds. The van der Waals surface area contributed by atoms with Gasteiger partial charge >= 0.3 is 0 Å². The molecule has 13 heavy (non-hydrogen) atoms. The minimum absolute atomic E-state index is 0.756. The molecule has 0 spiro atoms. The van der Waals surface area contributed by atoms with E-state index in [1.165, 1.54) is 6.08 Å². The maximum atomic E-state index is 9.93. The first-order valence-electron chi connectivity index (χ1n) is 3.87. The van der Waals surface area contributed by atoms with Gasteiger partial charge in [-0.3, -0.25) is 4.79 Å². The van der Waals surface area contributed by atoms with Crippen molar-refractivity contribution in [2.75, 3.05) is 0 Å². The third-order valence-electron chi connectivity index (χ3n) is 1.46. The van der Waals surface area contributed by atoms with Crippen molar-refractivity contribution < 1.29 is 4.79 Å². The van der Waals surface area contributed by atoms with Crippen molar-refractivity contribution in [1.29, 1.82) is 0 Å². The van der Waals surface area contributed by atoms with Gasteiger partial charge < -0.3 is 0 Å². The zero-order valence-corrected chi connectivity index (χ0v) is 8.57. The first-order valence-corrected chi connectivity index (χ1v) is 4.66. The zero-order valence-electron chi connectivity index (χ0n) is 6.98. The van der Waals surface area contributed by atoms with Gasteiger partial charge in [-0.2, -0.15) is 0 Å². The van der Waals surface area contributed by atoms with Gasteiger partial charge in [0.15, 0.2) is 0 Å². The molecule has 2 heteroatoms. The summed E-state index contributed by atoms with van der Waals surface area (Å²) in [5.41, 5.74) is 1.11. The number of hydrogen-bond acceptors (Lipinski definition) is 1. The van der Waals surface area contributed by atoms with Gasteiger partial charge in [0.05, 0.1) is 0 Å². The summed E-state index contributed by atoms with van der Waals surface area (Å²) in [7, 11) is 0. The molecule has 1 aromatic rings. The van der Waals surface area contributed by atoms with E-state index in [1.54, 1.807) is 6.08 Å². The highest BCUT2D eigenvalue weighted by molar-refractivity contribution is 9.10. The van der Waals surface area contributed by atoms with Crippen LogP contribution in [0.15, 0.2) is 47.0 Å². The van der Waals surface area contributed by atoms with Crippen LogP contribution in [0.4, 0.5) is 0 Å². The Labute approximate surface area is 85.9 Å². The number of allylic oxidation sites excluding steroid dienone is 3. The standard InChI is InChI=1S/C11H9BrO/c12-11-7-5-10(6-8-11)4-2-1-3-9-13/h1-9H/b3-1+,4-2+. The van der Waals surface area contributed by atoms with Crippen LogP contribution in [0.5, 0.6) is 0 Å². The zero-order chi connectivity index (χ0) is 9.52. The number of halogens is 1. The molecule has 1 rings (SSSR count). The van der Waals surface area contributed by atoms with Crippen molar-refractivity contribution >= 4 is 28.3 Å². The molecule has 0 bridgehead atoms. The fourth-order valence-electron chi connectivity index (χ4n) is 0.850. The molecule has 0 aliphatic carbocycles. The van der Waals surface area contributed by atoms with Gasteiger partial charge in [-0.05, 0) is 23.8 Å². The molecule has 66 valence electrons. The summed E-state index contributed by atoms with van der Waals surface area (Å²) in [5.74, 6) is 0. The lowest BCUT2D eigenvalue weighted by Gasteiger charge is -1.91. The van der Waals surface area contributed by atoms with Crippen LogP contribution in [-0.4, -0.2) is 6.29 Å². The summed E-state index contributed by atoms with van der Waals surface area (Å²) < 4.78 is 1.06. The van der Waals surface area contributed by atoms with E-state index in [1.807, 2.05) is 36.4 Å². The van der Waals surface area contributed by atoms with Crippen LogP contribution in [0, 0.1) is 0 Å². The predicted octanol–water partition coefficient (Wildman–Crippen LogP) is 3.22. The van der Waals surface area contributed by atoms with Crippen molar-refractivity contribution in [2.45, 2.75) is 0 Å². The number of benzene rings is 1. The smallest absolute Gasteiger partial charge is 0.142 e. The summed E-state index contributed by atoms with van der Waals surface area (Å²) in [5, 5.41) is 0. The Morgan fingerprint density at radius 3 is 2.31 bits per heavy atom. The molecule has 0 aliphatic rings. The van der Waals surface area contributed by atoms with Crippen LogP contribution in [0.3, 0.4) is 0 Å². The second-order valence-electron chi connectivity index (χ2n) is 2.43. The van der Waals surface area contributed by atoms with Gasteiger partial charge in [0.1, 0.15) is 6.29 Å². The van der Waals surface area contributed by atoms with Gasteiger partial charge in [-0.1, -0.05) is 46.3 Å². The SMILES string of the molecule is O=C/C=C/C=C/c1ccc(Br)cc1. The van der Waals surface area contributed by atoms with Crippen LogP contribution in [-0.2, 0) is 4.79 Å². The van der Waals surface area contributed by atoms with Crippen molar-refractivity contribution in [3.8, 4) is 0 Å². The quantitative estimate of drug-likeness (QED) is 0.448. The fourth-order valence-corrected chi connectivity index (χ4v) is 1.11. The van der Waals surface area contributed by atoms with E-state index in [-0.39, 0.29) is 0 Å². The topological polar surface area (TPSA) is 17.1 Å². The third kappa shape index (κ3) is 3.85. The highest BCUT2D eigenvalue weighted by Gasteiger charge is 1.85. The van der Waals surface area contributed by atoms with Gasteiger partial charge in [0, 0.05) is 4.47 Å². The van der Waals surface area contributed by atoms with Gasteiger partial charge in [0.25, 0.3) is 0 Å².